The summed E-state index contributed by atoms with van der Waals surface area (Å²) < 4.78 is 0. The van der Waals surface area contributed by atoms with Crippen LogP contribution in [0.2, 0.25) is 0 Å². The van der Waals surface area contributed by atoms with Crippen LogP contribution in [-0.4, -0.2) is 37.0 Å². The highest BCUT2D eigenvalue weighted by atomic mass is 16.2. The van der Waals surface area contributed by atoms with E-state index in [2.05, 4.69) is 17.6 Å². The molecule has 21 heavy (non-hydrogen) atoms. The Morgan fingerprint density at radius 2 is 1.90 bits per heavy atom. The summed E-state index contributed by atoms with van der Waals surface area (Å²) in [6, 6.07) is 5.94. The predicted octanol–water partition coefficient (Wildman–Crippen LogP) is 3.18. The molecule has 0 bridgehead atoms. The lowest BCUT2D eigenvalue weighted by Crippen LogP contribution is -2.38. The molecule has 114 valence electrons. The van der Waals surface area contributed by atoms with Gasteiger partial charge in [0.15, 0.2) is 0 Å². The van der Waals surface area contributed by atoms with Gasteiger partial charge in [0.25, 0.3) is 5.91 Å². The number of hydrogen-bond donors (Lipinski definition) is 2. The summed E-state index contributed by atoms with van der Waals surface area (Å²) in [5.41, 5.74) is 2.95. The van der Waals surface area contributed by atoms with Crippen LogP contribution in [-0.2, 0) is 0 Å². The number of fused-ring (bicyclic) bond motifs is 1. The number of piperidine rings is 1. The molecule has 0 spiro atoms. The van der Waals surface area contributed by atoms with Gasteiger partial charge in [0, 0.05) is 31.7 Å². The molecule has 0 aliphatic carbocycles. The number of anilines is 2. The van der Waals surface area contributed by atoms with Crippen LogP contribution in [0.1, 0.15) is 43.0 Å². The van der Waals surface area contributed by atoms with E-state index in [0.29, 0.717) is 0 Å². The second kappa shape index (κ2) is 6.37. The third-order valence-electron chi connectivity index (χ3n) is 4.62. The number of likely N-dealkylation sites (tertiary alicyclic amines) is 1. The highest BCUT2D eigenvalue weighted by Gasteiger charge is 2.23. The number of benzene rings is 1. The summed E-state index contributed by atoms with van der Waals surface area (Å²) in [6.07, 6.45) is 4.87. The molecule has 1 amide bonds. The van der Waals surface area contributed by atoms with Gasteiger partial charge in [0.1, 0.15) is 0 Å². The maximum Gasteiger partial charge on any atom is 0.253 e. The summed E-state index contributed by atoms with van der Waals surface area (Å²) in [4.78, 5) is 14.6. The average molecular weight is 287 g/mol. The van der Waals surface area contributed by atoms with E-state index in [1.165, 1.54) is 12.8 Å². The minimum atomic E-state index is 0.181. The molecular formula is C17H25N3O. The number of amides is 1. The Hall–Kier alpha value is -1.71. The summed E-state index contributed by atoms with van der Waals surface area (Å²) in [5, 5.41) is 6.69. The third-order valence-corrected chi connectivity index (χ3v) is 4.62. The van der Waals surface area contributed by atoms with Crippen LogP contribution >= 0.6 is 0 Å². The van der Waals surface area contributed by atoms with E-state index in [1.54, 1.807) is 0 Å². The van der Waals surface area contributed by atoms with Crippen LogP contribution in [0.5, 0.6) is 0 Å². The first-order chi connectivity index (χ1) is 10.3. The highest BCUT2D eigenvalue weighted by molar-refractivity contribution is 5.96. The standard InChI is InChI=1S/C17H25N3O/c1-2-3-13-6-10-20(11-7-13)17(21)14-4-5-15-16(12-14)19-9-8-18-15/h4-5,12-13,18-19H,2-3,6-11H2,1H3. The molecule has 4 nitrogen and oxygen atoms in total. The van der Waals surface area contributed by atoms with Crippen molar-refractivity contribution < 1.29 is 4.79 Å². The fourth-order valence-electron chi connectivity index (χ4n) is 3.39. The van der Waals surface area contributed by atoms with Gasteiger partial charge in [-0.15, -0.1) is 0 Å². The molecule has 0 radical (unpaired) electrons. The fraction of sp³-hybridized carbons (Fsp3) is 0.588. The van der Waals surface area contributed by atoms with E-state index >= 15 is 0 Å². The van der Waals surface area contributed by atoms with Gasteiger partial charge in [-0.05, 0) is 37.0 Å². The molecule has 1 fully saturated rings. The van der Waals surface area contributed by atoms with Crippen LogP contribution in [0.3, 0.4) is 0 Å². The van der Waals surface area contributed by atoms with Gasteiger partial charge in [0.05, 0.1) is 11.4 Å². The van der Waals surface area contributed by atoms with Crippen molar-refractivity contribution in [2.75, 3.05) is 36.8 Å². The molecule has 2 N–H and O–H groups in total. The van der Waals surface area contributed by atoms with Crippen molar-refractivity contribution in [3.8, 4) is 0 Å². The lowest BCUT2D eigenvalue weighted by molar-refractivity contribution is 0.0686. The van der Waals surface area contributed by atoms with Crippen molar-refractivity contribution in [3.63, 3.8) is 0 Å². The number of nitrogens with one attached hydrogen (secondary N) is 2. The van der Waals surface area contributed by atoms with Crippen LogP contribution < -0.4 is 10.6 Å². The summed E-state index contributed by atoms with van der Waals surface area (Å²) in [6.45, 7) is 5.91. The summed E-state index contributed by atoms with van der Waals surface area (Å²) in [5.74, 6) is 0.994. The molecule has 3 rings (SSSR count). The Labute approximate surface area is 126 Å². The molecule has 0 unspecified atom stereocenters. The second-order valence-corrected chi connectivity index (χ2v) is 6.14. The van der Waals surface area contributed by atoms with Crippen LogP contribution in [0.4, 0.5) is 11.4 Å². The maximum absolute atomic E-state index is 12.6. The van der Waals surface area contributed by atoms with Gasteiger partial charge in [-0.2, -0.15) is 0 Å². The number of hydrogen-bond acceptors (Lipinski definition) is 3. The molecule has 0 saturated carbocycles. The van der Waals surface area contributed by atoms with Crippen LogP contribution in [0.15, 0.2) is 18.2 Å². The molecule has 1 saturated heterocycles. The average Bonchev–Trinajstić information content (AvgIpc) is 2.55. The zero-order chi connectivity index (χ0) is 14.7. The summed E-state index contributed by atoms with van der Waals surface area (Å²) >= 11 is 0. The van der Waals surface area contributed by atoms with Crippen molar-refractivity contribution >= 4 is 17.3 Å². The van der Waals surface area contributed by atoms with E-state index in [-0.39, 0.29) is 5.91 Å². The van der Waals surface area contributed by atoms with Crippen molar-refractivity contribution in [1.29, 1.82) is 0 Å². The van der Waals surface area contributed by atoms with Gasteiger partial charge in [0.2, 0.25) is 0 Å². The van der Waals surface area contributed by atoms with Crippen LogP contribution in [0.25, 0.3) is 0 Å². The van der Waals surface area contributed by atoms with Gasteiger partial charge in [-0.1, -0.05) is 19.8 Å². The first-order valence-electron chi connectivity index (χ1n) is 8.19. The SMILES string of the molecule is CCCC1CCN(C(=O)c2ccc3c(c2)NCCN3)CC1. The molecule has 1 aromatic rings. The van der Waals surface area contributed by atoms with Crippen molar-refractivity contribution in [2.24, 2.45) is 5.92 Å². The molecule has 4 heteroatoms. The lowest BCUT2D eigenvalue weighted by atomic mass is 9.92. The molecule has 0 aromatic heterocycles. The van der Waals surface area contributed by atoms with E-state index in [9.17, 15) is 4.79 Å². The zero-order valence-electron chi connectivity index (χ0n) is 12.8. The predicted molar refractivity (Wildman–Crippen MR) is 87.0 cm³/mol. The third kappa shape index (κ3) is 3.14. The van der Waals surface area contributed by atoms with E-state index in [0.717, 1.165) is 61.9 Å². The van der Waals surface area contributed by atoms with E-state index in [1.807, 2.05) is 23.1 Å². The molecule has 0 atom stereocenters. The number of carbonyl (C=O) groups is 1. The zero-order valence-corrected chi connectivity index (χ0v) is 12.8. The maximum atomic E-state index is 12.6. The first kappa shape index (κ1) is 14.2. The van der Waals surface area contributed by atoms with Gasteiger partial charge in [-0.25, -0.2) is 0 Å². The molecule has 2 aliphatic rings. The number of nitrogens with zero attached hydrogens (tertiary/aromatic N) is 1. The Morgan fingerprint density at radius 3 is 2.62 bits per heavy atom. The highest BCUT2D eigenvalue weighted by Crippen LogP contribution is 2.27. The van der Waals surface area contributed by atoms with Gasteiger partial charge in [-0.3, -0.25) is 4.79 Å². The minimum absolute atomic E-state index is 0.181. The molecule has 1 aromatic carbocycles. The van der Waals surface area contributed by atoms with E-state index in [4.69, 9.17) is 0 Å². The normalized spacial score (nSPS) is 18.6. The molecule has 2 aliphatic heterocycles. The fourth-order valence-corrected chi connectivity index (χ4v) is 3.39. The van der Waals surface area contributed by atoms with Crippen molar-refractivity contribution in [1.82, 2.24) is 4.90 Å². The van der Waals surface area contributed by atoms with Gasteiger partial charge < -0.3 is 15.5 Å². The smallest absolute Gasteiger partial charge is 0.253 e. The van der Waals surface area contributed by atoms with Crippen LogP contribution in [0, 0.1) is 5.92 Å². The number of rotatable bonds is 3. The van der Waals surface area contributed by atoms with Gasteiger partial charge >= 0.3 is 0 Å². The Kier molecular flexibility index (Phi) is 4.32. The quantitative estimate of drug-likeness (QED) is 0.897. The number of carbonyl (C=O) groups excluding carboxylic acids is 1. The molecule has 2 heterocycles. The Morgan fingerprint density at radius 1 is 1.19 bits per heavy atom. The largest absolute Gasteiger partial charge is 0.382 e. The summed E-state index contributed by atoms with van der Waals surface area (Å²) in [7, 11) is 0. The van der Waals surface area contributed by atoms with Crippen molar-refractivity contribution in [3.05, 3.63) is 23.8 Å². The topological polar surface area (TPSA) is 44.4 Å². The Bertz CT molecular complexity index is 507. The first-order valence-corrected chi connectivity index (χ1v) is 8.19. The minimum Gasteiger partial charge on any atom is -0.382 e. The van der Waals surface area contributed by atoms with E-state index < -0.39 is 0 Å². The second-order valence-electron chi connectivity index (χ2n) is 6.14. The molecular weight excluding hydrogens is 262 g/mol. The van der Waals surface area contributed by atoms with Crippen molar-refractivity contribution in [2.45, 2.75) is 32.6 Å². The lowest BCUT2D eigenvalue weighted by Gasteiger charge is -2.32. The monoisotopic (exact) mass is 287 g/mol. The Balaban J connectivity index is 1.66.